The molecule has 116 valence electrons. The Bertz CT molecular complexity index is 648. The fourth-order valence-corrected chi connectivity index (χ4v) is 2.47. The van der Waals surface area contributed by atoms with Crippen molar-refractivity contribution in [1.82, 2.24) is 4.98 Å². The van der Waals surface area contributed by atoms with Gasteiger partial charge in [0.2, 0.25) is 5.78 Å². The molecule has 5 nitrogen and oxygen atoms in total. The fourth-order valence-electron chi connectivity index (χ4n) is 1.72. The van der Waals surface area contributed by atoms with Crippen molar-refractivity contribution >= 4 is 23.1 Å². The lowest BCUT2D eigenvalue weighted by Crippen LogP contribution is -2.12. The van der Waals surface area contributed by atoms with Gasteiger partial charge in [-0.25, -0.2) is 4.98 Å². The molecule has 0 unspecified atom stereocenters. The van der Waals surface area contributed by atoms with Gasteiger partial charge in [0, 0.05) is 5.38 Å². The summed E-state index contributed by atoms with van der Waals surface area (Å²) in [6, 6.07) is 7.47. The van der Waals surface area contributed by atoms with Crippen molar-refractivity contribution in [2.45, 2.75) is 20.3 Å². The van der Waals surface area contributed by atoms with Crippen molar-refractivity contribution in [3.8, 4) is 5.75 Å². The summed E-state index contributed by atoms with van der Waals surface area (Å²) >= 11 is 1.21. The summed E-state index contributed by atoms with van der Waals surface area (Å²) in [5.41, 5.74) is 1.67. The standard InChI is InChI=1S/C16H17NO4S/c1-3-20-15(19)8-12-10-22-16(17-12)14(18)9-21-13-6-4-11(2)5-7-13/h4-7,10H,3,8-9H2,1-2H3. The Kier molecular flexibility index (Phi) is 5.66. The molecule has 0 aliphatic carbocycles. The van der Waals surface area contributed by atoms with Crippen LogP contribution < -0.4 is 4.74 Å². The van der Waals surface area contributed by atoms with E-state index in [1.165, 1.54) is 11.3 Å². The lowest BCUT2D eigenvalue weighted by atomic mass is 10.2. The molecule has 1 heterocycles. The van der Waals surface area contributed by atoms with Crippen LogP contribution in [0.4, 0.5) is 0 Å². The number of hydrogen-bond donors (Lipinski definition) is 0. The average Bonchev–Trinajstić information content (AvgIpc) is 2.95. The van der Waals surface area contributed by atoms with Crippen LogP contribution in [0.5, 0.6) is 5.75 Å². The molecule has 1 aromatic carbocycles. The van der Waals surface area contributed by atoms with Crippen LogP contribution in [-0.4, -0.2) is 30.0 Å². The van der Waals surface area contributed by atoms with Crippen molar-refractivity contribution in [2.75, 3.05) is 13.2 Å². The van der Waals surface area contributed by atoms with Gasteiger partial charge in [-0.15, -0.1) is 11.3 Å². The first-order valence-electron chi connectivity index (χ1n) is 6.91. The average molecular weight is 319 g/mol. The second-order valence-corrected chi connectivity index (χ2v) is 5.51. The second kappa shape index (κ2) is 7.70. The summed E-state index contributed by atoms with van der Waals surface area (Å²) in [7, 11) is 0. The third kappa shape index (κ3) is 4.66. The van der Waals surface area contributed by atoms with Gasteiger partial charge in [0.25, 0.3) is 0 Å². The normalized spacial score (nSPS) is 10.3. The number of ether oxygens (including phenoxy) is 2. The number of Topliss-reactive ketones (excluding diaryl/α,β-unsaturated/α-hetero) is 1. The molecule has 0 radical (unpaired) electrons. The molecule has 0 aliphatic rings. The van der Waals surface area contributed by atoms with Crippen molar-refractivity contribution in [2.24, 2.45) is 0 Å². The maximum atomic E-state index is 12.0. The highest BCUT2D eigenvalue weighted by Gasteiger charge is 2.14. The van der Waals surface area contributed by atoms with Gasteiger partial charge in [0.05, 0.1) is 18.7 Å². The topological polar surface area (TPSA) is 65.5 Å². The number of nitrogens with zero attached hydrogens (tertiary/aromatic N) is 1. The number of hydrogen-bond acceptors (Lipinski definition) is 6. The number of aromatic nitrogens is 1. The van der Waals surface area contributed by atoms with Gasteiger partial charge in [-0.1, -0.05) is 17.7 Å². The van der Waals surface area contributed by atoms with Gasteiger partial charge in [0.1, 0.15) is 5.75 Å². The summed E-state index contributed by atoms with van der Waals surface area (Å²) in [5, 5.41) is 2.03. The zero-order valence-corrected chi connectivity index (χ0v) is 13.3. The second-order valence-electron chi connectivity index (χ2n) is 4.65. The number of thiazole rings is 1. The lowest BCUT2D eigenvalue weighted by Gasteiger charge is -2.04. The minimum absolute atomic E-state index is 0.0740. The quantitative estimate of drug-likeness (QED) is 0.580. The third-order valence-electron chi connectivity index (χ3n) is 2.81. The first kappa shape index (κ1) is 16.2. The molecule has 6 heteroatoms. The Balaban J connectivity index is 1.88. The van der Waals surface area contributed by atoms with Crippen molar-refractivity contribution in [3.63, 3.8) is 0 Å². The van der Waals surface area contributed by atoms with Crippen LogP contribution in [0.3, 0.4) is 0 Å². The molecular weight excluding hydrogens is 302 g/mol. The Morgan fingerprint density at radius 3 is 2.64 bits per heavy atom. The Hall–Kier alpha value is -2.21. The van der Waals surface area contributed by atoms with Gasteiger partial charge in [-0.3, -0.25) is 9.59 Å². The molecule has 0 atom stereocenters. The molecule has 0 amide bonds. The smallest absolute Gasteiger partial charge is 0.311 e. The minimum Gasteiger partial charge on any atom is -0.485 e. The van der Waals surface area contributed by atoms with Crippen LogP contribution in [0, 0.1) is 6.92 Å². The lowest BCUT2D eigenvalue weighted by molar-refractivity contribution is -0.142. The van der Waals surface area contributed by atoms with Crippen LogP contribution in [0.25, 0.3) is 0 Å². The molecule has 2 rings (SSSR count). The Labute approximate surface area is 132 Å². The van der Waals surface area contributed by atoms with Crippen molar-refractivity contribution in [3.05, 3.63) is 45.9 Å². The summed E-state index contributed by atoms with van der Waals surface area (Å²) in [6.45, 7) is 3.99. The van der Waals surface area contributed by atoms with Gasteiger partial charge >= 0.3 is 5.97 Å². The van der Waals surface area contributed by atoms with E-state index < -0.39 is 0 Å². The molecule has 0 saturated heterocycles. The third-order valence-corrected chi connectivity index (χ3v) is 3.74. The number of carbonyl (C=O) groups is 2. The van der Waals surface area contributed by atoms with Crippen LogP contribution in [0.1, 0.15) is 28.0 Å². The van der Waals surface area contributed by atoms with E-state index in [1.807, 2.05) is 31.2 Å². The summed E-state index contributed by atoms with van der Waals surface area (Å²) in [5.74, 6) is 0.0886. The maximum Gasteiger partial charge on any atom is 0.311 e. The molecule has 0 aliphatic heterocycles. The highest BCUT2D eigenvalue weighted by molar-refractivity contribution is 7.11. The van der Waals surface area contributed by atoms with E-state index in [2.05, 4.69) is 4.98 Å². The van der Waals surface area contributed by atoms with Crippen LogP contribution in [0.2, 0.25) is 0 Å². The molecule has 0 spiro atoms. The number of carbonyl (C=O) groups excluding carboxylic acids is 2. The molecule has 0 saturated carbocycles. The van der Waals surface area contributed by atoms with Gasteiger partial charge in [0.15, 0.2) is 11.6 Å². The first-order chi connectivity index (χ1) is 10.6. The van der Waals surface area contributed by atoms with E-state index in [4.69, 9.17) is 9.47 Å². The van der Waals surface area contributed by atoms with Crippen LogP contribution in [-0.2, 0) is 16.0 Å². The van der Waals surface area contributed by atoms with E-state index in [0.717, 1.165) is 5.56 Å². The molecule has 22 heavy (non-hydrogen) atoms. The Morgan fingerprint density at radius 2 is 1.95 bits per heavy atom. The number of aryl methyl sites for hydroxylation is 1. The van der Waals surface area contributed by atoms with E-state index in [0.29, 0.717) is 23.1 Å². The van der Waals surface area contributed by atoms with Gasteiger partial charge in [-0.05, 0) is 26.0 Å². The first-order valence-corrected chi connectivity index (χ1v) is 7.79. The number of ketones is 1. The van der Waals surface area contributed by atoms with Gasteiger partial charge in [-0.2, -0.15) is 0 Å². The summed E-state index contributed by atoms with van der Waals surface area (Å²) < 4.78 is 10.3. The Morgan fingerprint density at radius 1 is 1.23 bits per heavy atom. The summed E-state index contributed by atoms with van der Waals surface area (Å²) in [4.78, 5) is 27.5. The highest BCUT2D eigenvalue weighted by Crippen LogP contribution is 2.14. The van der Waals surface area contributed by atoms with E-state index >= 15 is 0 Å². The van der Waals surface area contributed by atoms with Crippen LogP contribution >= 0.6 is 11.3 Å². The van der Waals surface area contributed by atoms with E-state index in [1.54, 1.807) is 12.3 Å². The highest BCUT2D eigenvalue weighted by atomic mass is 32.1. The number of esters is 1. The molecule has 0 N–H and O–H groups in total. The van der Waals surface area contributed by atoms with Gasteiger partial charge < -0.3 is 9.47 Å². The largest absolute Gasteiger partial charge is 0.485 e. The predicted molar refractivity (Wildman–Crippen MR) is 83.5 cm³/mol. The van der Waals surface area contributed by atoms with E-state index in [9.17, 15) is 9.59 Å². The summed E-state index contributed by atoms with van der Waals surface area (Å²) in [6.07, 6.45) is 0.0798. The predicted octanol–water partition coefficient (Wildman–Crippen LogP) is 2.82. The fraction of sp³-hybridized carbons (Fsp3) is 0.312. The molecule has 1 aromatic heterocycles. The molecule has 0 fully saturated rings. The van der Waals surface area contributed by atoms with Crippen LogP contribution in [0.15, 0.2) is 29.6 Å². The monoisotopic (exact) mass is 319 g/mol. The number of rotatable bonds is 7. The maximum absolute atomic E-state index is 12.0. The molecule has 2 aromatic rings. The molecule has 0 bridgehead atoms. The van der Waals surface area contributed by atoms with E-state index in [-0.39, 0.29) is 24.8 Å². The molecular formula is C16H17NO4S. The number of benzene rings is 1. The zero-order chi connectivity index (χ0) is 15.9. The van der Waals surface area contributed by atoms with Crippen molar-refractivity contribution in [1.29, 1.82) is 0 Å². The zero-order valence-electron chi connectivity index (χ0n) is 12.5. The van der Waals surface area contributed by atoms with Crippen molar-refractivity contribution < 1.29 is 19.1 Å². The minimum atomic E-state index is -0.345. The SMILES string of the molecule is CCOC(=O)Cc1csc(C(=O)COc2ccc(C)cc2)n1.